The van der Waals surface area contributed by atoms with Crippen molar-refractivity contribution in [1.29, 1.82) is 5.26 Å². The summed E-state index contributed by atoms with van der Waals surface area (Å²) in [7, 11) is 0. The van der Waals surface area contributed by atoms with Crippen LogP contribution in [0, 0.1) is 24.2 Å². The van der Waals surface area contributed by atoms with E-state index in [0.717, 1.165) is 24.9 Å². The molecule has 22 heavy (non-hydrogen) atoms. The predicted molar refractivity (Wildman–Crippen MR) is 82.1 cm³/mol. The smallest absolute Gasteiger partial charge is 0.126 e. The quantitative estimate of drug-likeness (QED) is 0.897. The second-order valence-corrected chi connectivity index (χ2v) is 5.91. The van der Waals surface area contributed by atoms with Crippen LogP contribution in [0.15, 0.2) is 31.0 Å². The summed E-state index contributed by atoms with van der Waals surface area (Å²) < 4.78 is 2.05. The zero-order valence-electron chi connectivity index (χ0n) is 12.5. The number of aromatic nitrogens is 3. The molecular weight excluding hydrogens is 278 g/mol. The number of imidazole rings is 1. The number of hydrogen-bond acceptors (Lipinski definition) is 5. The first-order valence-electron chi connectivity index (χ1n) is 7.43. The van der Waals surface area contributed by atoms with Crippen molar-refractivity contribution in [2.24, 2.45) is 5.92 Å². The van der Waals surface area contributed by atoms with E-state index in [1.54, 1.807) is 18.7 Å². The van der Waals surface area contributed by atoms with Crippen LogP contribution in [0.5, 0.6) is 0 Å². The van der Waals surface area contributed by atoms with Crippen LogP contribution in [0.25, 0.3) is 0 Å². The van der Waals surface area contributed by atoms with Gasteiger partial charge >= 0.3 is 0 Å². The van der Waals surface area contributed by atoms with Crippen LogP contribution < -0.4 is 5.32 Å². The van der Waals surface area contributed by atoms with Crippen molar-refractivity contribution in [2.75, 3.05) is 5.32 Å². The van der Waals surface area contributed by atoms with E-state index in [1.165, 1.54) is 0 Å². The first-order valence-corrected chi connectivity index (χ1v) is 7.43. The summed E-state index contributed by atoms with van der Waals surface area (Å²) in [5.74, 6) is 1.13. The Hall–Kier alpha value is -2.39. The average molecular weight is 297 g/mol. The van der Waals surface area contributed by atoms with Gasteiger partial charge in [-0.1, -0.05) is 0 Å². The Morgan fingerprint density at radius 3 is 3.05 bits per heavy atom. The third-order valence-electron chi connectivity index (χ3n) is 4.22. The van der Waals surface area contributed by atoms with Crippen molar-refractivity contribution in [3.63, 3.8) is 0 Å². The lowest BCUT2D eigenvalue weighted by atomic mass is 10.1. The van der Waals surface area contributed by atoms with Crippen LogP contribution in [0.2, 0.25) is 0 Å². The number of nitriles is 1. The lowest BCUT2D eigenvalue weighted by Crippen LogP contribution is -2.28. The van der Waals surface area contributed by atoms with Crippen LogP contribution >= 0.6 is 0 Å². The van der Waals surface area contributed by atoms with Crippen molar-refractivity contribution >= 4 is 5.82 Å². The van der Waals surface area contributed by atoms with Gasteiger partial charge in [0.1, 0.15) is 11.9 Å². The van der Waals surface area contributed by atoms with E-state index in [0.29, 0.717) is 17.3 Å². The van der Waals surface area contributed by atoms with E-state index >= 15 is 0 Å². The first kappa shape index (κ1) is 14.5. The Kier molecular flexibility index (Phi) is 4.07. The Balaban J connectivity index is 1.63. The highest BCUT2D eigenvalue weighted by Gasteiger charge is 2.33. The third kappa shape index (κ3) is 3.10. The van der Waals surface area contributed by atoms with Gasteiger partial charge in [0, 0.05) is 25.1 Å². The Morgan fingerprint density at radius 1 is 1.50 bits per heavy atom. The molecule has 0 spiro atoms. The first-order chi connectivity index (χ1) is 10.7. The highest BCUT2D eigenvalue weighted by Crippen LogP contribution is 2.29. The van der Waals surface area contributed by atoms with Crippen LogP contribution in [0.3, 0.4) is 0 Å². The maximum Gasteiger partial charge on any atom is 0.126 e. The zero-order valence-corrected chi connectivity index (χ0v) is 12.5. The minimum Gasteiger partial charge on any atom is -0.391 e. The average Bonchev–Trinajstić information content (AvgIpc) is 3.10. The Morgan fingerprint density at radius 2 is 2.36 bits per heavy atom. The van der Waals surface area contributed by atoms with E-state index in [-0.39, 0.29) is 12.1 Å². The van der Waals surface area contributed by atoms with Gasteiger partial charge in [0.2, 0.25) is 0 Å². The minimum absolute atomic E-state index is 0.00615. The molecule has 6 nitrogen and oxygen atoms in total. The van der Waals surface area contributed by atoms with Crippen LogP contribution in [0.1, 0.15) is 24.0 Å². The molecule has 2 aromatic heterocycles. The SMILES string of the molecule is Cc1cc(N[C@@H]2CC(Cn3ccnc3)C[C@H]2O)ncc1C#N. The molecule has 6 heteroatoms. The summed E-state index contributed by atoms with van der Waals surface area (Å²) in [6, 6.07) is 3.96. The lowest BCUT2D eigenvalue weighted by molar-refractivity contribution is 0.166. The van der Waals surface area contributed by atoms with Crippen molar-refractivity contribution < 1.29 is 5.11 Å². The predicted octanol–water partition coefficient (Wildman–Crippen LogP) is 1.71. The Bertz CT molecular complexity index is 676. The van der Waals surface area contributed by atoms with E-state index in [1.807, 2.05) is 23.8 Å². The second kappa shape index (κ2) is 6.16. The van der Waals surface area contributed by atoms with Gasteiger partial charge in [0.15, 0.2) is 0 Å². The molecule has 1 unspecified atom stereocenters. The van der Waals surface area contributed by atoms with E-state index in [2.05, 4.69) is 21.4 Å². The number of pyridine rings is 1. The molecule has 0 bridgehead atoms. The molecule has 0 radical (unpaired) electrons. The number of anilines is 1. The van der Waals surface area contributed by atoms with Crippen molar-refractivity contribution in [3.8, 4) is 6.07 Å². The molecule has 0 aliphatic heterocycles. The normalized spacial score (nSPS) is 24.1. The van der Waals surface area contributed by atoms with Gasteiger partial charge in [-0.2, -0.15) is 5.26 Å². The van der Waals surface area contributed by atoms with E-state index in [9.17, 15) is 5.11 Å². The molecule has 3 rings (SSSR count). The Labute approximate surface area is 129 Å². The molecular formula is C16H19N5O. The third-order valence-corrected chi connectivity index (χ3v) is 4.22. The number of aryl methyl sites for hydroxylation is 1. The number of aliphatic hydroxyl groups is 1. The van der Waals surface area contributed by atoms with Crippen molar-refractivity contribution in [3.05, 3.63) is 42.1 Å². The van der Waals surface area contributed by atoms with Gasteiger partial charge in [-0.05, 0) is 37.3 Å². The van der Waals surface area contributed by atoms with Crippen LogP contribution in [0.4, 0.5) is 5.82 Å². The molecule has 2 aromatic rings. The molecule has 2 heterocycles. The molecule has 1 saturated carbocycles. The number of nitrogens with one attached hydrogen (secondary N) is 1. The molecule has 1 aliphatic rings. The monoisotopic (exact) mass is 297 g/mol. The fraction of sp³-hybridized carbons (Fsp3) is 0.438. The highest BCUT2D eigenvalue weighted by molar-refractivity contribution is 5.45. The summed E-state index contributed by atoms with van der Waals surface area (Å²) in [6.07, 6.45) is 8.36. The van der Waals surface area contributed by atoms with Gasteiger partial charge in [-0.15, -0.1) is 0 Å². The summed E-state index contributed by atoms with van der Waals surface area (Å²) in [5.41, 5.74) is 1.47. The number of nitrogens with zero attached hydrogens (tertiary/aromatic N) is 4. The van der Waals surface area contributed by atoms with Crippen LogP contribution in [-0.4, -0.2) is 31.8 Å². The zero-order chi connectivity index (χ0) is 15.5. The van der Waals surface area contributed by atoms with E-state index < -0.39 is 0 Å². The van der Waals surface area contributed by atoms with Gasteiger partial charge < -0.3 is 15.0 Å². The molecule has 0 amide bonds. The number of rotatable bonds is 4. The molecule has 1 fully saturated rings. The van der Waals surface area contributed by atoms with Crippen LogP contribution in [-0.2, 0) is 6.54 Å². The highest BCUT2D eigenvalue weighted by atomic mass is 16.3. The summed E-state index contributed by atoms with van der Waals surface area (Å²) in [6.45, 7) is 2.76. The number of aliphatic hydroxyl groups excluding tert-OH is 1. The fourth-order valence-electron chi connectivity index (χ4n) is 3.06. The number of hydrogen-bond donors (Lipinski definition) is 2. The summed E-state index contributed by atoms with van der Waals surface area (Å²) >= 11 is 0. The molecule has 0 aromatic carbocycles. The van der Waals surface area contributed by atoms with Gasteiger partial charge in [-0.25, -0.2) is 9.97 Å². The summed E-state index contributed by atoms with van der Waals surface area (Å²) in [5, 5.41) is 22.5. The minimum atomic E-state index is -0.383. The molecule has 3 atom stereocenters. The maximum atomic E-state index is 10.3. The summed E-state index contributed by atoms with van der Waals surface area (Å²) in [4.78, 5) is 8.29. The van der Waals surface area contributed by atoms with Crippen molar-refractivity contribution in [1.82, 2.24) is 14.5 Å². The largest absolute Gasteiger partial charge is 0.391 e. The molecule has 2 N–H and O–H groups in total. The maximum absolute atomic E-state index is 10.3. The molecule has 0 saturated heterocycles. The second-order valence-electron chi connectivity index (χ2n) is 5.91. The van der Waals surface area contributed by atoms with Gasteiger partial charge in [-0.3, -0.25) is 0 Å². The van der Waals surface area contributed by atoms with Gasteiger partial charge in [0.05, 0.1) is 24.0 Å². The fourth-order valence-corrected chi connectivity index (χ4v) is 3.06. The molecule has 1 aliphatic carbocycles. The van der Waals surface area contributed by atoms with Gasteiger partial charge in [0.25, 0.3) is 0 Å². The lowest BCUT2D eigenvalue weighted by Gasteiger charge is -2.17. The van der Waals surface area contributed by atoms with E-state index in [4.69, 9.17) is 5.26 Å². The topological polar surface area (TPSA) is 86.8 Å². The molecule has 114 valence electrons. The standard InChI is InChI=1S/C16H19N5O/c1-11-4-16(19-8-13(11)7-17)20-14-5-12(6-15(14)22)9-21-3-2-18-10-21/h2-4,8,10,12,14-15,22H,5-6,9H2,1H3,(H,19,20)/t12?,14-,15-/m1/s1. The van der Waals surface area contributed by atoms with Crippen molar-refractivity contribution in [2.45, 2.75) is 38.5 Å².